The summed E-state index contributed by atoms with van der Waals surface area (Å²) in [5, 5.41) is 8.60. The average molecular weight is 275 g/mol. The Labute approximate surface area is 97.4 Å². The third-order valence-corrected chi connectivity index (χ3v) is 3.19. The first-order valence-corrected chi connectivity index (χ1v) is 5.65. The van der Waals surface area contributed by atoms with Crippen LogP contribution in [0.5, 0.6) is 0 Å². The van der Waals surface area contributed by atoms with E-state index in [-0.39, 0.29) is 6.42 Å². The quantitative estimate of drug-likeness (QED) is 0.917. The van der Waals surface area contributed by atoms with E-state index in [0.717, 1.165) is 16.1 Å². The summed E-state index contributed by atoms with van der Waals surface area (Å²) in [6.45, 7) is 4.13. The third-order valence-electron chi connectivity index (χ3n) is 2.25. The summed E-state index contributed by atoms with van der Waals surface area (Å²) in [6.07, 6.45) is 0.589. The van der Waals surface area contributed by atoms with Gasteiger partial charge >= 0.3 is 5.97 Å². The first kappa shape index (κ1) is 12.2. The second-order valence-corrected chi connectivity index (χ2v) is 4.56. The number of aromatic nitrogens is 2. The van der Waals surface area contributed by atoms with Crippen LogP contribution in [0.3, 0.4) is 0 Å². The first-order chi connectivity index (χ1) is 6.93. The summed E-state index contributed by atoms with van der Waals surface area (Å²) < 4.78 is 2.84. The Morgan fingerprint density at radius 1 is 1.60 bits per heavy atom. The van der Waals surface area contributed by atoms with Crippen LogP contribution < -0.4 is 0 Å². The minimum atomic E-state index is -0.791. The fraction of sp³-hybridized carbons (Fsp3) is 0.600. The highest BCUT2D eigenvalue weighted by Crippen LogP contribution is 2.24. The average Bonchev–Trinajstić information content (AvgIpc) is 2.41. The van der Waals surface area contributed by atoms with E-state index < -0.39 is 5.97 Å². The molecule has 0 saturated heterocycles. The number of carboxylic acids is 1. The Hall–Kier alpha value is -0.840. The summed E-state index contributed by atoms with van der Waals surface area (Å²) >= 11 is 3.46. The number of nitrogens with zero attached hydrogens (tertiary/aromatic N) is 2. The molecule has 1 rings (SSSR count). The summed E-state index contributed by atoms with van der Waals surface area (Å²) in [5.74, 6) is 0.359. The molecule has 0 amide bonds. The van der Waals surface area contributed by atoms with Gasteiger partial charge < -0.3 is 9.67 Å². The number of carbonyl (C=O) groups is 1. The van der Waals surface area contributed by atoms with E-state index in [0.29, 0.717) is 12.3 Å². The van der Waals surface area contributed by atoms with Crippen molar-refractivity contribution in [2.75, 3.05) is 0 Å². The SMILES string of the molecule is CC(C)c1nc(CCC(=O)O)n(C)c1Br. The molecule has 0 aliphatic carbocycles. The van der Waals surface area contributed by atoms with Gasteiger partial charge in [-0.3, -0.25) is 4.79 Å². The highest BCUT2D eigenvalue weighted by atomic mass is 79.9. The maximum absolute atomic E-state index is 10.5. The molecule has 0 fully saturated rings. The molecule has 5 heteroatoms. The van der Waals surface area contributed by atoms with Gasteiger partial charge in [0.15, 0.2) is 0 Å². The van der Waals surface area contributed by atoms with E-state index in [9.17, 15) is 4.79 Å². The molecule has 1 heterocycles. The lowest BCUT2D eigenvalue weighted by molar-refractivity contribution is -0.137. The smallest absolute Gasteiger partial charge is 0.303 e. The molecule has 4 nitrogen and oxygen atoms in total. The normalized spacial score (nSPS) is 11.0. The van der Waals surface area contributed by atoms with Gasteiger partial charge in [-0.25, -0.2) is 4.98 Å². The third kappa shape index (κ3) is 2.81. The van der Waals surface area contributed by atoms with E-state index in [1.807, 2.05) is 11.6 Å². The summed E-state index contributed by atoms with van der Waals surface area (Å²) in [4.78, 5) is 14.9. The van der Waals surface area contributed by atoms with Gasteiger partial charge in [0.1, 0.15) is 10.4 Å². The summed E-state index contributed by atoms with van der Waals surface area (Å²) in [7, 11) is 1.89. The number of carboxylic acid groups (broad SMARTS) is 1. The van der Waals surface area contributed by atoms with Crippen molar-refractivity contribution in [1.82, 2.24) is 9.55 Å². The van der Waals surface area contributed by atoms with Crippen molar-refractivity contribution in [3.8, 4) is 0 Å². The second-order valence-electron chi connectivity index (χ2n) is 3.81. The zero-order valence-corrected chi connectivity index (χ0v) is 10.7. The van der Waals surface area contributed by atoms with Crippen molar-refractivity contribution < 1.29 is 9.90 Å². The first-order valence-electron chi connectivity index (χ1n) is 4.86. The summed E-state index contributed by atoms with van der Waals surface area (Å²) in [5.41, 5.74) is 0.984. The molecule has 0 radical (unpaired) electrons. The number of aryl methyl sites for hydroxylation is 1. The molecule has 1 N–H and O–H groups in total. The molecule has 0 atom stereocenters. The molecule has 1 aromatic rings. The van der Waals surface area contributed by atoms with Gasteiger partial charge in [0.25, 0.3) is 0 Å². The van der Waals surface area contributed by atoms with E-state index in [1.165, 1.54) is 0 Å². The van der Waals surface area contributed by atoms with Crippen LogP contribution in [0.15, 0.2) is 4.60 Å². The summed E-state index contributed by atoms with van der Waals surface area (Å²) in [6, 6.07) is 0. The topological polar surface area (TPSA) is 55.1 Å². The van der Waals surface area contributed by atoms with Crippen LogP contribution in [0.25, 0.3) is 0 Å². The molecular weight excluding hydrogens is 260 g/mol. The van der Waals surface area contributed by atoms with Crippen molar-refractivity contribution in [2.45, 2.75) is 32.6 Å². The Kier molecular flexibility index (Phi) is 3.90. The van der Waals surface area contributed by atoms with Crippen LogP contribution in [0.4, 0.5) is 0 Å². The lowest BCUT2D eigenvalue weighted by Gasteiger charge is -2.00. The lowest BCUT2D eigenvalue weighted by atomic mass is 10.2. The van der Waals surface area contributed by atoms with Crippen molar-refractivity contribution in [2.24, 2.45) is 7.05 Å². The number of hydrogen-bond donors (Lipinski definition) is 1. The molecule has 0 spiro atoms. The van der Waals surface area contributed by atoms with Gasteiger partial charge in [-0.05, 0) is 21.8 Å². The van der Waals surface area contributed by atoms with E-state index in [4.69, 9.17) is 5.11 Å². The number of halogens is 1. The van der Waals surface area contributed by atoms with E-state index in [1.54, 1.807) is 0 Å². The Morgan fingerprint density at radius 3 is 2.60 bits per heavy atom. The molecule has 0 aliphatic rings. The van der Waals surface area contributed by atoms with Gasteiger partial charge in [0.05, 0.1) is 12.1 Å². The number of aliphatic carboxylic acids is 1. The lowest BCUT2D eigenvalue weighted by Crippen LogP contribution is -2.03. The van der Waals surface area contributed by atoms with Gasteiger partial charge in [0, 0.05) is 13.5 Å². The van der Waals surface area contributed by atoms with Crippen molar-refractivity contribution in [3.63, 3.8) is 0 Å². The van der Waals surface area contributed by atoms with Crippen LogP contribution in [0.2, 0.25) is 0 Å². The van der Waals surface area contributed by atoms with Crippen LogP contribution in [0.1, 0.15) is 37.7 Å². The van der Waals surface area contributed by atoms with Gasteiger partial charge in [-0.2, -0.15) is 0 Å². The minimum Gasteiger partial charge on any atom is -0.481 e. The molecule has 84 valence electrons. The predicted molar refractivity (Wildman–Crippen MR) is 61.0 cm³/mol. The number of rotatable bonds is 4. The van der Waals surface area contributed by atoms with Crippen LogP contribution in [-0.2, 0) is 18.3 Å². The van der Waals surface area contributed by atoms with E-state index in [2.05, 4.69) is 34.8 Å². The molecule has 0 saturated carbocycles. The predicted octanol–water partition coefficient (Wildman–Crippen LogP) is 2.32. The molecule has 0 unspecified atom stereocenters. The number of hydrogen-bond acceptors (Lipinski definition) is 2. The fourth-order valence-electron chi connectivity index (χ4n) is 1.35. The zero-order valence-electron chi connectivity index (χ0n) is 9.12. The molecule has 15 heavy (non-hydrogen) atoms. The molecule has 0 bridgehead atoms. The van der Waals surface area contributed by atoms with Crippen molar-refractivity contribution in [3.05, 3.63) is 16.1 Å². The fourth-order valence-corrected chi connectivity index (χ4v) is 2.11. The highest BCUT2D eigenvalue weighted by Gasteiger charge is 2.15. The van der Waals surface area contributed by atoms with Crippen LogP contribution in [-0.4, -0.2) is 20.6 Å². The van der Waals surface area contributed by atoms with Crippen molar-refractivity contribution >= 4 is 21.9 Å². The monoisotopic (exact) mass is 274 g/mol. The van der Waals surface area contributed by atoms with Gasteiger partial charge in [0.2, 0.25) is 0 Å². The Bertz CT molecular complexity index is 372. The molecule has 1 aromatic heterocycles. The minimum absolute atomic E-state index is 0.120. The maximum atomic E-state index is 10.5. The molecular formula is C10H15BrN2O2. The highest BCUT2D eigenvalue weighted by molar-refractivity contribution is 9.10. The van der Waals surface area contributed by atoms with Crippen LogP contribution in [0, 0.1) is 0 Å². The van der Waals surface area contributed by atoms with Gasteiger partial charge in [-0.15, -0.1) is 0 Å². The standard InChI is InChI=1S/C10H15BrN2O2/c1-6(2)9-10(11)13(3)7(12-9)4-5-8(14)15/h6H,4-5H2,1-3H3,(H,14,15). The van der Waals surface area contributed by atoms with Gasteiger partial charge in [-0.1, -0.05) is 13.8 Å². The zero-order chi connectivity index (χ0) is 11.6. The Balaban J connectivity index is 2.90. The molecule has 0 aromatic carbocycles. The van der Waals surface area contributed by atoms with Crippen LogP contribution >= 0.6 is 15.9 Å². The maximum Gasteiger partial charge on any atom is 0.303 e. The molecule has 0 aliphatic heterocycles. The second kappa shape index (κ2) is 4.79. The number of imidazole rings is 1. The van der Waals surface area contributed by atoms with E-state index >= 15 is 0 Å². The van der Waals surface area contributed by atoms with Crippen molar-refractivity contribution in [1.29, 1.82) is 0 Å². The largest absolute Gasteiger partial charge is 0.481 e. The Morgan fingerprint density at radius 2 is 2.20 bits per heavy atom.